The van der Waals surface area contributed by atoms with E-state index < -0.39 is 0 Å². The standard InChI is InChI=1S/C18H31N9.HI/c1-4-16-24-21-13-27(16)11-10-19-18(22-15-8-6-5-7-9-15)20-12-17-25-23-14(2)26(17)3;/h13,15H,4-12H2,1-3H3,(H2,19,20,22);1H. The van der Waals surface area contributed by atoms with E-state index in [0.717, 1.165) is 42.9 Å². The Morgan fingerprint density at radius 3 is 2.64 bits per heavy atom. The molecule has 0 amide bonds. The predicted octanol–water partition coefficient (Wildman–Crippen LogP) is 1.96. The minimum atomic E-state index is 0. The van der Waals surface area contributed by atoms with Crippen LogP contribution in [0.3, 0.4) is 0 Å². The van der Waals surface area contributed by atoms with Gasteiger partial charge in [0.15, 0.2) is 11.8 Å². The van der Waals surface area contributed by atoms with Crippen molar-refractivity contribution in [3.63, 3.8) is 0 Å². The average molecular weight is 501 g/mol. The summed E-state index contributed by atoms with van der Waals surface area (Å²) in [5.41, 5.74) is 0. The predicted molar refractivity (Wildman–Crippen MR) is 120 cm³/mol. The number of hydrogen-bond donors (Lipinski definition) is 2. The summed E-state index contributed by atoms with van der Waals surface area (Å²) >= 11 is 0. The maximum Gasteiger partial charge on any atom is 0.191 e. The third-order valence-corrected chi connectivity index (χ3v) is 5.16. The molecule has 10 heteroatoms. The van der Waals surface area contributed by atoms with Crippen LogP contribution in [0.4, 0.5) is 0 Å². The van der Waals surface area contributed by atoms with Crippen LogP contribution < -0.4 is 10.6 Å². The highest BCUT2D eigenvalue weighted by Crippen LogP contribution is 2.17. The van der Waals surface area contributed by atoms with Crippen molar-refractivity contribution in [1.82, 2.24) is 40.2 Å². The zero-order valence-corrected chi connectivity index (χ0v) is 19.4. The Bertz CT molecular complexity index is 746. The van der Waals surface area contributed by atoms with Crippen LogP contribution in [-0.4, -0.2) is 48.1 Å². The Labute approximate surface area is 183 Å². The van der Waals surface area contributed by atoms with Gasteiger partial charge in [0.05, 0.1) is 0 Å². The van der Waals surface area contributed by atoms with Crippen molar-refractivity contribution >= 4 is 29.9 Å². The number of nitrogens with one attached hydrogen (secondary N) is 2. The van der Waals surface area contributed by atoms with Gasteiger partial charge in [-0.1, -0.05) is 26.2 Å². The Balaban J connectivity index is 0.00000280. The number of rotatable bonds is 7. The Kier molecular flexibility index (Phi) is 9.13. The van der Waals surface area contributed by atoms with E-state index >= 15 is 0 Å². The average Bonchev–Trinajstić information content (AvgIpc) is 3.27. The molecule has 0 bridgehead atoms. The van der Waals surface area contributed by atoms with Crippen molar-refractivity contribution in [2.45, 2.75) is 71.5 Å². The maximum absolute atomic E-state index is 4.75. The van der Waals surface area contributed by atoms with Gasteiger partial charge in [0.1, 0.15) is 24.5 Å². The SMILES string of the molecule is CCc1nncn1CCNC(=NCc1nnc(C)n1C)NC1CCCCC1.I. The number of aromatic nitrogens is 6. The zero-order valence-electron chi connectivity index (χ0n) is 17.1. The second-order valence-corrected chi connectivity index (χ2v) is 7.09. The van der Waals surface area contributed by atoms with Gasteiger partial charge < -0.3 is 19.8 Å². The Morgan fingerprint density at radius 1 is 1.18 bits per heavy atom. The van der Waals surface area contributed by atoms with Crippen LogP contribution in [0, 0.1) is 6.92 Å². The van der Waals surface area contributed by atoms with Gasteiger partial charge in [-0.25, -0.2) is 4.99 Å². The van der Waals surface area contributed by atoms with Gasteiger partial charge in [0.2, 0.25) is 0 Å². The monoisotopic (exact) mass is 501 g/mol. The van der Waals surface area contributed by atoms with Crippen molar-refractivity contribution < 1.29 is 0 Å². The van der Waals surface area contributed by atoms with Crippen molar-refractivity contribution in [3.05, 3.63) is 23.8 Å². The fourth-order valence-corrected chi connectivity index (χ4v) is 3.37. The lowest BCUT2D eigenvalue weighted by atomic mass is 9.96. The highest BCUT2D eigenvalue weighted by molar-refractivity contribution is 14.0. The largest absolute Gasteiger partial charge is 0.355 e. The summed E-state index contributed by atoms with van der Waals surface area (Å²) in [4.78, 5) is 4.75. The van der Waals surface area contributed by atoms with Crippen LogP contribution in [0.15, 0.2) is 11.3 Å². The van der Waals surface area contributed by atoms with Crippen LogP contribution >= 0.6 is 24.0 Å². The van der Waals surface area contributed by atoms with Gasteiger partial charge in [0.25, 0.3) is 0 Å². The highest BCUT2D eigenvalue weighted by Gasteiger charge is 2.15. The molecule has 28 heavy (non-hydrogen) atoms. The first-order chi connectivity index (χ1) is 13.2. The van der Waals surface area contributed by atoms with Crippen LogP contribution in [0.2, 0.25) is 0 Å². The number of halogens is 1. The molecule has 0 atom stereocenters. The zero-order chi connectivity index (χ0) is 19.1. The third kappa shape index (κ3) is 6.14. The molecule has 9 nitrogen and oxygen atoms in total. The molecule has 0 aliphatic heterocycles. The minimum Gasteiger partial charge on any atom is -0.355 e. The Hall–Kier alpha value is -1.72. The lowest BCUT2D eigenvalue weighted by molar-refractivity contribution is 0.409. The van der Waals surface area contributed by atoms with Gasteiger partial charge in [-0.15, -0.1) is 44.4 Å². The van der Waals surface area contributed by atoms with E-state index in [9.17, 15) is 0 Å². The van der Waals surface area contributed by atoms with E-state index in [1.807, 2.05) is 18.5 Å². The quantitative estimate of drug-likeness (QED) is 0.342. The van der Waals surface area contributed by atoms with E-state index in [0.29, 0.717) is 12.6 Å². The van der Waals surface area contributed by atoms with E-state index in [1.165, 1.54) is 32.1 Å². The molecule has 0 aromatic carbocycles. The molecule has 1 aliphatic carbocycles. The second kappa shape index (κ2) is 11.3. The molecule has 2 N–H and O–H groups in total. The van der Waals surface area contributed by atoms with Crippen molar-refractivity contribution in [3.8, 4) is 0 Å². The van der Waals surface area contributed by atoms with Gasteiger partial charge in [0, 0.05) is 32.6 Å². The van der Waals surface area contributed by atoms with Gasteiger partial charge in [-0.05, 0) is 19.8 Å². The lowest BCUT2D eigenvalue weighted by Gasteiger charge is -2.25. The first kappa shape index (κ1) is 22.6. The summed E-state index contributed by atoms with van der Waals surface area (Å²) in [6.07, 6.45) is 8.98. The molecule has 1 saturated carbocycles. The van der Waals surface area contributed by atoms with E-state index in [-0.39, 0.29) is 24.0 Å². The summed E-state index contributed by atoms with van der Waals surface area (Å²) in [7, 11) is 1.97. The fourth-order valence-electron chi connectivity index (χ4n) is 3.37. The highest BCUT2D eigenvalue weighted by atomic mass is 127. The van der Waals surface area contributed by atoms with Gasteiger partial charge in [-0.2, -0.15) is 0 Å². The first-order valence-electron chi connectivity index (χ1n) is 9.93. The van der Waals surface area contributed by atoms with Crippen molar-refractivity contribution in [2.75, 3.05) is 6.54 Å². The molecule has 0 unspecified atom stereocenters. The van der Waals surface area contributed by atoms with Crippen LogP contribution in [0.25, 0.3) is 0 Å². The number of aliphatic imine (C=N–C) groups is 1. The molecule has 3 rings (SSSR count). The van der Waals surface area contributed by atoms with E-state index in [4.69, 9.17) is 4.99 Å². The molecule has 1 aliphatic rings. The molecule has 0 radical (unpaired) electrons. The summed E-state index contributed by atoms with van der Waals surface area (Å²) in [5.74, 6) is 3.61. The van der Waals surface area contributed by atoms with Crippen LogP contribution in [0.5, 0.6) is 0 Å². The summed E-state index contributed by atoms with van der Waals surface area (Å²) in [6, 6.07) is 0.493. The van der Waals surface area contributed by atoms with Crippen molar-refractivity contribution in [1.29, 1.82) is 0 Å². The molecule has 156 valence electrons. The molecular weight excluding hydrogens is 469 g/mol. The number of hydrogen-bond acceptors (Lipinski definition) is 5. The summed E-state index contributed by atoms with van der Waals surface area (Å²) < 4.78 is 4.06. The number of aryl methyl sites for hydroxylation is 2. The fraction of sp³-hybridized carbons (Fsp3) is 0.722. The van der Waals surface area contributed by atoms with Crippen molar-refractivity contribution in [2.24, 2.45) is 12.0 Å². The van der Waals surface area contributed by atoms with Crippen LogP contribution in [0.1, 0.15) is 56.5 Å². The summed E-state index contributed by atoms with van der Waals surface area (Å²) in [6.45, 7) is 6.12. The van der Waals surface area contributed by atoms with E-state index in [2.05, 4.69) is 42.5 Å². The normalized spacial score (nSPS) is 15.3. The second-order valence-electron chi connectivity index (χ2n) is 7.09. The molecule has 0 spiro atoms. The molecule has 0 saturated heterocycles. The molecule has 2 aromatic rings. The van der Waals surface area contributed by atoms with Gasteiger partial charge >= 0.3 is 0 Å². The lowest BCUT2D eigenvalue weighted by Crippen LogP contribution is -2.45. The van der Waals surface area contributed by atoms with Crippen LogP contribution in [-0.2, 0) is 26.6 Å². The number of guanidine groups is 1. The molecule has 1 fully saturated rings. The minimum absolute atomic E-state index is 0. The maximum atomic E-state index is 4.75. The number of nitrogens with zero attached hydrogens (tertiary/aromatic N) is 7. The third-order valence-electron chi connectivity index (χ3n) is 5.16. The first-order valence-corrected chi connectivity index (χ1v) is 9.93. The summed E-state index contributed by atoms with van der Waals surface area (Å²) in [5, 5.41) is 23.5. The smallest absolute Gasteiger partial charge is 0.191 e. The topological polar surface area (TPSA) is 97.8 Å². The molecular formula is C18H32IN9. The molecule has 2 aromatic heterocycles. The molecule has 2 heterocycles. The van der Waals surface area contributed by atoms with Gasteiger partial charge in [-0.3, -0.25) is 0 Å². The Morgan fingerprint density at radius 2 is 1.96 bits per heavy atom. The van der Waals surface area contributed by atoms with E-state index in [1.54, 1.807) is 6.33 Å².